The average Bonchev–Trinajstić information content (AvgIpc) is 2.97. The van der Waals surface area contributed by atoms with Crippen molar-refractivity contribution in [3.63, 3.8) is 0 Å². The van der Waals surface area contributed by atoms with Crippen LogP contribution in [-0.4, -0.2) is 42.3 Å². The number of aromatic hydroxyl groups is 1. The number of rotatable bonds is 3. The third kappa shape index (κ3) is 2.50. The Morgan fingerprint density at radius 2 is 2.19 bits per heavy atom. The number of phenols is 1. The molecular weight excluding hydrogens is 288 g/mol. The molecule has 4 nitrogen and oxygen atoms in total. The summed E-state index contributed by atoms with van der Waals surface area (Å²) in [7, 11) is 1.55. The van der Waals surface area contributed by atoms with Crippen molar-refractivity contribution in [1.29, 1.82) is 0 Å². The molecule has 5 heteroatoms. The van der Waals surface area contributed by atoms with Crippen molar-refractivity contribution in [2.24, 2.45) is 11.8 Å². The number of benzene rings is 1. The van der Waals surface area contributed by atoms with Gasteiger partial charge in [0.15, 0.2) is 11.5 Å². The van der Waals surface area contributed by atoms with Gasteiger partial charge in [-0.25, -0.2) is 0 Å². The van der Waals surface area contributed by atoms with Crippen LogP contribution in [0, 0.1) is 11.8 Å². The summed E-state index contributed by atoms with van der Waals surface area (Å²) in [5.41, 5.74) is 0.955. The molecule has 2 aliphatic rings. The van der Waals surface area contributed by atoms with Gasteiger partial charge in [0.2, 0.25) is 0 Å². The van der Waals surface area contributed by atoms with Crippen LogP contribution in [0.4, 0.5) is 0 Å². The van der Waals surface area contributed by atoms with E-state index in [1.807, 2.05) is 6.07 Å². The Balaban J connectivity index is 1.86. The van der Waals surface area contributed by atoms with E-state index in [9.17, 15) is 5.11 Å². The first-order valence-electron chi connectivity index (χ1n) is 7.44. The van der Waals surface area contributed by atoms with Crippen LogP contribution >= 0.6 is 11.6 Å². The van der Waals surface area contributed by atoms with Crippen LogP contribution in [0.3, 0.4) is 0 Å². The molecule has 0 spiro atoms. The molecule has 0 radical (unpaired) electrons. The van der Waals surface area contributed by atoms with Gasteiger partial charge in [0.05, 0.1) is 7.11 Å². The average molecular weight is 311 g/mol. The highest BCUT2D eigenvalue weighted by Crippen LogP contribution is 2.43. The smallest absolute Gasteiger partial charge is 0.162 e. The second-order valence-corrected chi connectivity index (χ2v) is 7.11. The third-order valence-corrected chi connectivity index (χ3v) is 5.44. The minimum absolute atomic E-state index is 0.121. The van der Waals surface area contributed by atoms with Crippen molar-refractivity contribution < 1.29 is 9.84 Å². The standard InChI is InChI=1S/C16H23ClN2O2/c1-16(2)13-7-18-6-11(13)9-19(16)8-10-4-12(17)5-14(21-3)15(10)20/h4-5,11,13,18,20H,6-9H2,1-3H3. The highest BCUT2D eigenvalue weighted by molar-refractivity contribution is 6.30. The number of nitrogens with zero attached hydrogens (tertiary/aromatic N) is 1. The molecular formula is C16H23ClN2O2. The van der Waals surface area contributed by atoms with Crippen molar-refractivity contribution in [2.45, 2.75) is 25.9 Å². The number of hydrogen-bond donors (Lipinski definition) is 2. The summed E-state index contributed by atoms with van der Waals surface area (Å²) in [6, 6.07) is 3.48. The topological polar surface area (TPSA) is 44.7 Å². The van der Waals surface area contributed by atoms with Crippen LogP contribution in [0.2, 0.25) is 5.02 Å². The van der Waals surface area contributed by atoms with Crippen LogP contribution in [-0.2, 0) is 6.54 Å². The van der Waals surface area contributed by atoms with Gasteiger partial charge in [0.25, 0.3) is 0 Å². The van der Waals surface area contributed by atoms with Gasteiger partial charge in [0.1, 0.15) is 0 Å². The summed E-state index contributed by atoms with van der Waals surface area (Å²) in [6.07, 6.45) is 0. The molecule has 1 aromatic rings. The van der Waals surface area contributed by atoms with Crippen molar-refractivity contribution >= 4 is 11.6 Å². The Bertz CT molecular complexity index is 547. The van der Waals surface area contributed by atoms with Crippen LogP contribution in [0.5, 0.6) is 11.5 Å². The zero-order valence-corrected chi connectivity index (χ0v) is 13.6. The Hall–Kier alpha value is -0.970. The number of nitrogens with one attached hydrogen (secondary N) is 1. The zero-order valence-electron chi connectivity index (χ0n) is 12.8. The molecule has 0 aromatic heterocycles. The fraction of sp³-hybridized carbons (Fsp3) is 0.625. The summed E-state index contributed by atoms with van der Waals surface area (Å²) in [5.74, 6) is 2.01. The molecule has 2 N–H and O–H groups in total. The van der Waals surface area contributed by atoms with E-state index in [0.29, 0.717) is 29.2 Å². The highest BCUT2D eigenvalue weighted by Gasteiger charge is 2.49. The number of fused-ring (bicyclic) bond motifs is 1. The minimum atomic E-state index is 0.121. The monoisotopic (exact) mass is 310 g/mol. The molecule has 2 aliphatic heterocycles. The van der Waals surface area contributed by atoms with Crippen LogP contribution < -0.4 is 10.1 Å². The van der Waals surface area contributed by atoms with E-state index < -0.39 is 0 Å². The molecule has 3 rings (SSSR count). The van der Waals surface area contributed by atoms with E-state index in [4.69, 9.17) is 16.3 Å². The zero-order chi connectivity index (χ0) is 15.2. The third-order valence-electron chi connectivity index (χ3n) is 5.22. The van der Waals surface area contributed by atoms with E-state index >= 15 is 0 Å². The lowest BCUT2D eigenvalue weighted by Gasteiger charge is -2.36. The van der Waals surface area contributed by atoms with Gasteiger partial charge in [-0.1, -0.05) is 11.6 Å². The number of halogens is 1. The highest BCUT2D eigenvalue weighted by atomic mass is 35.5. The summed E-state index contributed by atoms with van der Waals surface area (Å²) in [6.45, 7) is 8.52. The maximum Gasteiger partial charge on any atom is 0.162 e. The SMILES string of the molecule is COc1cc(Cl)cc(CN2CC3CNCC3C2(C)C)c1O. The normalized spacial score (nSPS) is 27.8. The van der Waals surface area contributed by atoms with Gasteiger partial charge in [-0.3, -0.25) is 4.90 Å². The van der Waals surface area contributed by atoms with Gasteiger partial charge in [-0.15, -0.1) is 0 Å². The van der Waals surface area contributed by atoms with Gasteiger partial charge in [0, 0.05) is 41.8 Å². The largest absolute Gasteiger partial charge is 0.504 e. The molecule has 116 valence electrons. The first-order chi connectivity index (χ1) is 9.93. The molecule has 2 atom stereocenters. The first kappa shape index (κ1) is 14.9. The fourth-order valence-corrected chi connectivity index (χ4v) is 4.11. The van der Waals surface area contributed by atoms with Crippen LogP contribution in [0.15, 0.2) is 12.1 Å². The molecule has 1 aromatic carbocycles. The Morgan fingerprint density at radius 3 is 2.86 bits per heavy atom. The lowest BCUT2D eigenvalue weighted by molar-refractivity contribution is 0.130. The molecule has 0 amide bonds. The number of methoxy groups -OCH3 is 1. The number of hydrogen-bond acceptors (Lipinski definition) is 4. The predicted molar refractivity (Wildman–Crippen MR) is 84.0 cm³/mol. The van der Waals surface area contributed by atoms with Crippen molar-refractivity contribution in [2.75, 3.05) is 26.7 Å². The van der Waals surface area contributed by atoms with E-state index in [-0.39, 0.29) is 11.3 Å². The minimum Gasteiger partial charge on any atom is -0.504 e. The van der Waals surface area contributed by atoms with Gasteiger partial charge in [-0.2, -0.15) is 0 Å². The summed E-state index contributed by atoms with van der Waals surface area (Å²) < 4.78 is 5.19. The lowest BCUT2D eigenvalue weighted by Crippen LogP contribution is -2.43. The summed E-state index contributed by atoms with van der Waals surface area (Å²) in [5, 5.41) is 14.4. The Kier molecular flexibility index (Phi) is 3.80. The second-order valence-electron chi connectivity index (χ2n) is 6.67. The molecule has 2 saturated heterocycles. The lowest BCUT2D eigenvalue weighted by atomic mass is 9.85. The summed E-state index contributed by atoms with van der Waals surface area (Å²) in [4.78, 5) is 2.45. The van der Waals surface area contributed by atoms with Crippen molar-refractivity contribution in [1.82, 2.24) is 10.2 Å². The van der Waals surface area contributed by atoms with Gasteiger partial charge < -0.3 is 15.2 Å². The van der Waals surface area contributed by atoms with Crippen LogP contribution in [0.25, 0.3) is 0 Å². The number of ether oxygens (including phenoxy) is 1. The number of phenolic OH excluding ortho intramolecular Hbond substituents is 1. The number of likely N-dealkylation sites (tertiary alicyclic amines) is 1. The van der Waals surface area contributed by atoms with Gasteiger partial charge >= 0.3 is 0 Å². The van der Waals surface area contributed by atoms with Crippen molar-refractivity contribution in [3.05, 3.63) is 22.7 Å². The van der Waals surface area contributed by atoms with E-state index in [2.05, 4.69) is 24.1 Å². The second kappa shape index (κ2) is 5.34. The fourth-order valence-electron chi connectivity index (χ4n) is 3.88. The molecule has 0 bridgehead atoms. The molecule has 2 fully saturated rings. The molecule has 2 unspecified atom stereocenters. The molecule has 2 heterocycles. The van der Waals surface area contributed by atoms with Crippen molar-refractivity contribution in [3.8, 4) is 11.5 Å². The van der Waals surface area contributed by atoms with Crippen LogP contribution in [0.1, 0.15) is 19.4 Å². The molecule has 0 saturated carbocycles. The maximum absolute atomic E-state index is 10.3. The van der Waals surface area contributed by atoms with E-state index in [0.717, 1.165) is 25.2 Å². The van der Waals surface area contributed by atoms with E-state index in [1.54, 1.807) is 13.2 Å². The molecule has 0 aliphatic carbocycles. The predicted octanol–water partition coefficient (Wildman–Crippen LogP) is 2.48. The Morgan fingerprint density at radius 1 is 1.43 bits per heavy atom. The van der Waals surface area contributed by atoms with Gasteiger partial charge in [-0.05, 0) is 38.3 Å². The summed E-state index contributed by atoms with van der Waals surface area (Å²) >= 11 is 6.13. The van der Waals surface area contributed by atoms with E-state index in [1.165, 1.54) is 0 Å². The quantitative estimate of drug-likeness (QED) is 0.900. The Labute approximate surface area is 131 Å². The maximum atomic E-state index is 10.3. The first-order valence-corrected chi connectivity index (χ1v) is 7.82. The molecule has 21 heavy (non-hydrogen) atoms.